The van der Waals surface area contributed by atoms with Crippen LogP contribution in [0, 0.1) is 5.41 Å². The number of hydrogen-bond acceptors (Lipinski definition) is 1. The van der Waals surface area contributed by atoms with Crippen LogP contribution in [0.1, 0.15) is 32.1 Å². The van der Waals surface area contributed by atoms with E-state index in [4.69, 9.17) is 5.11 Å². The maximum atomic E-state index is 12.4. The standard InChI is InChI=1S/C8H13F3O/c9-8(10,11)7(3-1-4-7)5-2-6-12/h12H,1-6H2. The summed E-state index contributed by atoms with van der Waals surface area (Å²) >= 11 is 0. The van der Waals surface area contributed by atoms with Crippen LogP contribution in [0.5, 0.6) is 0 Å². The molecule has 1 aliphatic carbocycles. The van der Waals surface area contributed by atoms with Gasteiger partial charge < -0.3 is 5.11 Å². The zero-order valence-corrected chi connectivity index (χ0v) is 6.82. The molecule has 4 heteroatoms. The summed E-state index contributed by atoms with van der Waals surface area (Å²) in [5.74, 6) is 0. The van der Waals surface area contributed by atoms with Crippen molar-refractivity contribution in [1.82, 2.24) is 0 Å². The third-order valence-electron chi connectivity index (χ3n) is 2.73. The summed E-state index contributed by atoms with van der Waals surface area (Å²) in [6.07, 6.45) is -2.55. The van der Waals surface area contributed by atoms with Crippen molar-refractivity contribution in [1.29, 1.82) is 0 Å². The van der Waals surface area contributed by atoms with E-state index in [1.54, 1.807) is 0 Å². The molecule has 0 aromatic heterocycles. The molecule has 0 unspecified atom stereocenters. The summed E-state index contributed by atoms with van der Waals surface area (Å²) in [4.78, 5) is 0. The molecule has 0 spiro atoms. The van der Waals surface area contributed by atoms with Crippen molar-refractivity contribution in [3.8, 4) is 0 Å². The first-order valence-electron chi connectivity index (χ1n) is 4.19. The number of halogens is 3. The lowest BCUT2D eigenvalue weighted by Crippen LogP contribution is -2.43. The Labute approximate surface area is 69.6 Å². The smallest absolute Gasteiger partial charge is 0.394 e. The predicted octanol–water partition coefficient (Wildman–Crippen LogP) is 2.49. The third kappa shape index (κ3) is 1.58. The first-order chi connectivity index (χ1) is 5.52. The van der Waals surface area contributed by atoms with Gasteiger partial charge in [0, 0.05) is 6.61 Å². The molecule has 0 heterocycles. The Morgan fingerprint density at radius 2 is 1.83 bits per heavy atom. The van der Waals surface area contributed by atoms with E-state index >= 15 is 0 Å². The molecular weight excluding hydrogens is 169 g/mol. The summed E-state index contributed by atoms with van der Waals surface area (Å²) in [7, 11) is 0. The van der Waals surface area contributed by atoms with Crippen molar-refractivity contribution >= 4 is 0 Å². The molecule has 72 valence electrons. The Balaban J connectivity index is 2.51. The molecule has 1 fully saturated rings. The van der Waals surface area contributed by atoms with Crippen LogP contribution in [0.25, 0.3) is 0 Å². The zero-order chi connectivity index (χ0) is 9.24. The van der Waals surface area contributed by atoms with E-state index in [2.05, 4.69) is 0 Å². The lowest BCUT2D eigenvalue weighted by molar-refractivity contribution is -0.254. The molecule has 1 nitrogen and oxygen atoms in total. The average molecular weight is 182 g/mol. The van der Waals surface area contributed by atoms with Crippen LogP contribution >= 0.6 is 0 Å². The molecular formula is C8H13F3O. The average Bonchev–Trinajstić information content (AvgIpc) is 1.82. The van der Waals surface area contributed by atoms with Gasteiger partial charge in [-0.25, -0.2) is 0 Å². The maximum absolute atomic E-state index is 12.4. The Kier molecular flexibility index (Phi) is 2.66. The van der Waals surface area contributed by atoms with Gasteiger partial charge in [-0.2, -0.15) is 13.2 Å². The van der Waals surface area contributed by atoms with Crippen LogP contribution in [-0.2, 0) is 0 Å². The van der Waals surface area contributed by atoms with Gasteiger partial charge in [0.25, 0.3) is 0 Å². The summed E-state index contributed by atoms with van der Waals surface area (Å²) in [5, 5.41) is 8.45. The molecule has 0 aromatic rings. The van der Waals surface area contributed by atoms with E-state index in [0.29, 0.717) is 6.42 Å². The highest BCUT2D eigenvalue weighted by Gasteiger charge is 2.57. The molecule has 0 amide bonds. The Bertz CT molecular complexity index is 149. The van der Waals surface area contributed by atoms with Crippen molar-refractivity contribution in [2.24, 2.45) is 5.41 Å². The van der Waals surface area contributed by atoms with Crippen LogP contribution in [0.2, 0.25) is 0 Å². The fourth-order valence-corrected chi connectivity index (χ4v) is 1.70. The normalized spacial score (nSPS) is 22.0. The lowest BCUT2D eigenvalue weighted by atomic mass is 9.65. The van der Waals surface area contributed by atoms with E-state index < -0.39 is 11.6 Å². The minimum atomic E-state index is -4.07. The molecule has 1 rings (SSSR count). The van der Waals surface area contributed by atoms with Gasteiger partial charge in [-0.05, 0) is 25.7 Å². The molecule has 1 aliphatic rings. The second kappa shape index (κ2) is 3.24. The van der Waals surface area contributed by atoms with E-state index in [1.807, 2.05) is 0 Å². The van der Waals surface area contributed by atoms with Crippen LogP contribution in [0.15, 0.2) is 0 Å². The summed E-state index contributed by atoms with van der Waals surface area (Å²) in [5.41, 5.74) is -1.45. The van der Waals surface area contributed by atoms with Crippen molar-refractivity contribution < 1.29 is 18.3 Å². The van der Waals surface area contributed by atoms with Crippen molar-refractivity contribution in [3.05, 3.63) is 0 Å². The van der Waals surface area contributed by atoms with Gasteiger partial charge in [-0.1, -0.05) is 6.42 Å². The number of alkyl halides is 3. The molecule has 0 aliphatic heterocycles. The third-order valence-corrected chi connectivity index (χ3v) is 2.73. The monoisotopic (exact) mass is 182 g/mol. The van der Waals surface area contributed by atoms with Gasteiger partial charge in [-0.15, -0.1) is 0 Å². The molecule has 0 radical (unpaired) electrons. The van der Waals surface area contributed by atoms with E-state index in [-0.39, 0.29) is 32.3 Å². The molecule has 0 saturated heterocycles. The van der Waals surface area contributed by atoms with Crippen molar-refractivity contribution in [3.63, 3.8) is 0 Å². The van der Waals surface area contributed by atoms with Crippen LogP contribution in [-0.4, -0.2) is 17.9 Å². The highest BCUT2D eigenvalue weighted by Crippen LogP contribution is 2.55. The van der Waals surface area contributed by atoms with Gasteiger partial charge in [0.15, 0.2) is 0 Å². The topological polar surface area (TPSA) is 20.2 Å². The van der Waals surface area contributed by atoms with Crippen molar-refractivity contribution in [2.45, 2.75) is 38.3 Å². The van der Waals surface area contributed by atoms with Gasteiger partial charge >= 0.3 is 6.18 Å². The fraction of sp³-hybridized carbons (Fsp3) is 1.00. The van der Waals surface area contributed by atoms with Gasteiger partial charge in [0.1, 0.15) is 0 Å². The molecule has 1 N–H and O–H groups in total. The number of aliphatic hydroxyl groups is 1. The fourth-order valence-electron chi connectivity index (χ4n) is 1.70. The molecule has 0 aromatic carbocycles. The molecule has 0 bridgehead atoms. The second-order valence-corrected chi connectivity index (χ2v) is 3.46. The molecule has 0 atom stereocenters. The number of hydrogen-bond donors (Lipinski definition) is 1. The predicted molar refractivity (Wildman–Crippen MR) is 38.7 cm³/mol. The SMILES string of the molecule is OCCCC1(C(F)(F)F)CCC1. The van der Waals surface area contributed by atoms with E-state index in [0.717, 1.165) is 0 Å². The largest absolute Gasteiger partial charge is 0.396 e. The number of rotatable bonds is 3. The van der Waals surface area contributed by atoms with Crippen LogP contribution in [0.4, 0.5) is 13.2 Å². The highest BCUT2D eigenvalue weighted by atomic mass is 19.4. The Morgan fingerprint density at radius 1 is 1.25 bits per heavy atom. The zero-order valence-electron chi connectivity index (χ0n) is 6.82. The Hall–Kier alpha value is -0.250. The maximum Gasteiger partial charge on any atom is 0.394 e. The first-order valence-corrected chi connectivity index (χ1v) is 4.19. The van der Waals surface area contributed by atoms with Gasteiger partial charge in [0.05, 0.1) is 5.41 Å². The second-order valence-electron chi connectivity index (χ2n) is 3.46. The van der Waals surface area contributed by atoms with E-state index in [9.17, 15) is 13.2 Å². The minimum absolute atomic E-state index is 0.0903. The summed E-state index contributed by atoms with van der Waals surface area (Å²) in [6.45, 7) is -0.141. The summed E-state index contributed by atoms with van der Waals surface area (Å²) < 4.78 is 37.2. The van der Waals surface area contributed by atoms with Gasteiger partial charge in [-0.3, -0.25) is 0 Å². The van der Waals surface area contributed by atoms with Gasteiger partial charge in [0.2, 0.25) is 0 Å². The minimum Gasteiger partial charge on any atom is -0.396 e. The molecule has 1 saturated carbocycles. The highest BCUT2D eigenvalue weighted by molar-refractivity contribution is 4.93. The quantitative estimate of drug-likeness (QED) is 0.710. The molecule has 12 heavy (non-hydrogen) atoms. The Morgan fingerprint density at radius 3 is 2.08 bits per heavy atom. The van der Waals surface area contributed by atoms with Crippen LogP contribution < -0.4 is 0 Å². The van der Waals surface area contributed by atoms with Crippen LogP contribution in [0.3, 0.4) is 0 Å². The summed E-state index contributed by atoms with van der Waals surface area (Å²) in [6, 6.07) is 0. The number of aliphatic hydroxyl groups excluding tert-OH is 1. The lowest BCUT2D eigenvalue weighted by Gasteiger charge is -2.43. The van der Waals surface area contributed by atoms with Crippen molar-refractivity contribution in [2.75, 3.05) is 6.61 Å². The first kappa shape index (κ1) is 9.84. The van der Waals surface area contributed by atoms with E-state index in [1.165, 1.54) is 0 Å².